The minimum absolute atomic E-state index is 0.0742. The molecule has 0 spiro atoms. The fourth-order valence-corrected chi connectivity index (χ4v) is 2.41. The van der Waals surface area contributed by atoms with Crippen LogP contribution in [0.2, 0.25) is 0 Å². The van der Waals surface area contributed by atoms with E-state index in [1.807, 2.05) is 43.3 Å². The van der Waals surface area contributed by atoms with Gasteiger partial charge in [0.25, 0.3) is 5.91 Å². The molecule has 0 unspecified atom stereocenters. The second-order valence-corrected chi connectivity index (χ2v) is 5.25. The zero-order valence-corrected chi connectivity index (χ0v) is 10.9. The molecular formula is C13H12ClNOS. The van der Waals surface area contributed by atoms with Crippen molar-refractivity contribution in [2.24, 2.45) is 0 Å². The van der Waals surface area contributed by atoms with E-state index in [0.29, 0.717) is 5.88 Å². The van der Waals surface area contributed by atoms with E-state index in [0.717, 1.165) is 21.0 Å². The standard InChI is InChI=1S/C13H12ClNOS/c1-9-5-6-12(17-9)13(16)15-11-4-2-3-10(7-11)8-14/h2-7H,8H2,1H3,(H,15,16). The lowest BCUT2D eigenvalue weighted by Gasteiger charge is -2.04. The van der Waals surface area contributed by atoms with Gasteiger partial charge in [-0.15, -0.1) is 22.9 Å². The zero-order valence-electron chi connectivity index (χ0n) is 9.37. The monoisotopic (exact) mass is 265 g/mol. The predicted molar refractivity (Wildman–Crippen MR) is 73.0 cm³/mol. The number of nitrogens with one attached hydrogen (secondary N) is 1. The Hall–Kier alpha value is -1.32. The Morgan fingerprint density at radius 3 is 2.82 bits per heavy atom. The van der Waals surface area contributed by atoms with Gasteiger partial charge in [-0.1, -0.05) is 12.1 Å². The summed E-state index contributed by atoms with van der Waals surface area (Å²) in [6, 6.07) is 11.3. The minimum atomic E-state index is -0.0742. The molecular weight excluding hydrogens is 254 g/mol. The third-order valence-electron chi connectivity index (χ3n) is 2.30. The predicted octanol–water partition coefficient (Wildman–Crippen LogP) is 4.05. The maximum absolute atomic E-state index is 11.9. The highest BCUT2D eigenvalue weighted by molar-refractivity contribution is 7.14. The van der Waals surface area contributed by atoms with Gasteiger partial charge in [-0.2, -0.15) is 0 Å². The summed E-state index contributed by atoms with van der Waals surface area (Å²) in [5.41, 5.74) is 1.77. The molecule has 1 aromatic carbocycles. The molecule has 0 bridgehead atoms. The molecule has 17 heavy (non-hydrogen) atoms. The van der Waals surface area contributed by atoms with Crippen molar-refractivity contribution in [1.82, 2.24) is 0 Å². The van der Waals surface area contributed by atoms with Crippen molar-refractivity contribution in [2.75, 3.05) is 5.32 Å². The van der Waals surface area contributed by atoms with Crippen LogP contribution in [0.4, 0.5) is 5.69 Å². The fourth-order valence-electron chi connectivity index (χ4n) is 1.48. The summed E-state index contributed by atoms with van der Waals surface area (Å²) >= 11 is 7.23. The van der Waals surface area contributed by atoms with Gasteiger partial charge in [0, 0.05) is 16.4 Å². The number of hydrogen-bond donors (Lipinski definition) is 1. The molecule has 0 fully saturated rings. The molecule has 0 aliphatic rings. The summed E-state index contributed by atoms with van der Waals surface area (Å²) in [5.74, 6) is 0.372. The minimum Gasteiger partial charge on any atom is -0.321 e. The van der Waals surface area contributed by atoms with E-state index in [9.17, 15) is 4.79 Å². The van der Waals surface area contributed by atoms with Crippen LogP contribution in [-0.4, -0.2) is 5.91 Å². The van der Waals surface area contributed by atoms with Crippen LogP contribution in [0.3, 0.4) is 0 Å². The topological polar surface area (TPSA) is 29.1 Å². The summed E-state index contributed by atoms with van der Waals surface area (Å²) in [7, 11) is 0. The lowest BCUT2D eigenvalue weighted by Crippen LogP contribution is -2.10. The molecule has 2 rings (SSSR count). The molecule has 88 valence electrons. The van der Waals surface area contributed by atoms with Crippen LogP contribution in [0, 0.1) is 6.92 Å². The van der Waals surface area contributed by atoms with Gasteiger partial charge in [0.15, 0.2) is 0 Å². The van der Waals surface area contributed by atoms with Crippen molar-refractivity contribution >= 4 is 34.5 Å². The van der Waals surface area contributed by atoms with E-state index in [4.69, 9.17) is 11.6 Å². The Balaban J connectivity index is 2.12. The maximum atomic E-state index is 11.9. The number of amides is 1. The van der Waals surface area contributed by atoms with Crippen LogP contribution in [-0.2, 0) is 5.88 Å². The Morgan fingerprint density at radius 2 is 2.18 bits per heavy atom. The van der Waals surface area contributed by atoms with Crippen molar-refractivity contribution in [3.05, 3.63) is 51.7 Å². The number of rotatable bonds is 3. The highest BCUT2D eigenvalue weighted by Crippen LogP contribution is 2.18. The van der Waals surface area contributed by atoms with Crippen molar-refractivity contribution < 1.29 is 4.79 Å². The largest absolute Gasteiger partial charge is 0.321 e. The molecule has 0 saturated heterocycles. The Kier molecular flexibility index (Phi) is 3.82. The number of benzene rings is 1. The van der Waals surface area contributed by atoms with E-state index >= 15 is 0 Å². The molecule has 1 aromatic heterocycles. The number of hydrogen-bond acceptors (Lipinski definition) is 2. The first kappa shape index (κ1) is 12.1. The average Bonchev–Trinajstić information content (AvgIpc) is 2.76. The van der Waals surface area contributed by atoms with Crippen LogP contribution in [0.1, 0.15) is 20.1 Å². The Morgan fingerprint density at radius 1 is 1.35 bits per heavy atom. The number of aryl methyl sites for hydroxylation is 1. The lowest BCUT2D eigenvalue weighted by molar-refractivity contribution is 0.103. The summed E-state index contributed by atoms with van der Waals surface area (Å²) < 4.78 is 0. The van der Waals surface area contributed by atoms with Crippen LogP contribution in [0.25, 0.3) is 0 Å². The van der Waals surface area contributed by atoms with Gasteiger partial charge >= 0.3 is 0 Å². The lowest BCUT2D eigenvalue weighted by atomic mass is 10.2. The molecule has 1 N–H and O–H groups in total. The maximum Gasteiger partial charge on any atom is 0.265 e. The second kappa shape index (κ2) is 5.34. The van der Waals surface area contributed by atoms with Crippen LogP contribution < -0.4 is 5.32 Å². The molecule has 2 aromatic rings. The molecule has 4 heteroatoms. The molecule has 0 radical (unpaired) electrons. The van der Waals surface area contributed by atoms with Crippen molar-refractivity contribution in [1.29, 1.82) is 0 Å². The fraction of sp³-hybridized carbons (Fsp3) is 0.154. The molecule has 1 heterocycles. The highest BCUT2D eigenvalue weighted by atomic mass is 35.5. The first-order valence-corrected chi connectivity index (χ1v) is 6.57. The first-order valence-electron chi connectivity index (χ1n) is 5.22. The molecule has 1 amide bonds. The van der Waals surface area contributed by atoms with Crippen LogP contribution >= 0.6 is 22.9 Å². The van der Waals surface area contributed by atoms with Gasteiger partial charge in [-0.3, -0.25) is 4.79 Å². The Labute approximate surface area is 109 Å². The number of alkyl halides is 1. The molecule has 0 saturated carbocycles. The number of carbonyl (C=O) groups is 1. The number of thiophene rings is 1. The number of carbonyl (C=O) groups excluding carboxylic acids is 1. The third-order valence-corrected chi connectivity index (χ3v) is 3.61. The van der Waals surface area contributed by atoms with E-state index in [1.165, 1.54) is 11.3 Å². The highest BCUT2D eigenvalue weighted by Gasteiger charge is 2.08. The number of anilines is 1. The summed E-state index contributed by atoms with van der Waals surface area (Å²) in [6.07, 6.45) is 0. The molecule has 0 atom stereocenters. The molecule has 2 nitrogen and oxygen atoms in total. The molecule has 0 aliphatic carbocycles. The first-order chi connectivity index (χ1) is 8.19. The van der Waals surface area contributed by atoms with Crippen LogP contribution in [0.15, 0.2) is 36.4 Å². The van der Waals surface area contributed by atoms with Gasteiger partial charge in [0.2, 0.25) is 0 Å². The Bertz CT molecular complexity index is 536. The summed E-state index contributed by atoms with van der Waals surface area (Å²) in [4.78, 5) is 13.7. The van der Waals surface area contributed by atoms with Gasteiger partial charge in [-0.25, -0.2) is 0 Å². The SMILES string of the molecule is Cc1ccc(C(=O)Nc2cccc(CCl)c2)s1. The van der Waals surface area contributed by atoms with Gasteiger partial charge < -0.3 is 5.32 Å². The number of halogens is 1. The van der Waals surface area contributed by atoms with Crippen LogP contribution in [0.5, 0.6) is 0 Å². The zero-order chi connectivity index (χ0) is 12.3. The van der Waals surface area contributed by atoms with E-state index in [2.05, 4.69) is 5.32 Å². The third kappa shape index (κ3) is 3.08. The normalized spacial score (nSPS) is 10.2. The molecule has 0 aliphatic heterocycles. The average molecular weight is 266 g/mol. The summed E-state index contributed by atoms with van der Waals surface area (Å²) in [6.45, 7) is 1.98. The van der Waals surface area contributed by atoms with Gasteiger partial charge in [0.1, 0.15) is 0 Å². The van der Waals surface area contributed by atoms with E-state index in [1.54, 1.807) is 0 Å². The quantitative estimate of drug-likeness (QED) is 0.834. The van der Waals surface area contributed by atoms with Crippen molar-refractivity contribution in [3.63, 3.8) is 0 Å². The van der Waals surface area contributed by atoms with E-state index < -0.39 is 0 Å². The van der Waals surface area contributed by atoms with Crippen molar-refractivity contribution in [3.8, 4) is 0 Å². The second-order valence-electron chi connectivity index (χ2n) is 3.70. The smallest absolute Gasteiger partial charge is 0.265 e. The van der Waals surface area contributed by atoms with Crippen molar-refractivity contribution in [2.45, 2.75) is 12.8 Å². The van der Waals surface area contributed by atoms with E-state index in [-0.39, 0.29) is 5.91 Å². The van der Waals surface area contributed by atoms with Gasteiger partial charge in [-0.05, 0) is 36.8 Å². The summed E-state index contributed by atoms with van der Waals surface area (Å²) in [5, 5.41) is 2.86. The van der Waals surface area contributed by atoms with Gasteiger partial charge in [0.05, 0.1) is 4.88 Å².